The van der Waals surface area contributed by atoms with E-state index >= 15 is 0 Å². The molecule has 5 heteroatoms. The number of thioether (sulfide) groups is 1. The second-order valence-corrected chi connectivity index (χ2v) is 7.50. The van der Waals surface area contributed by atoms with Crippen molar-refractivity contribution in [3.63, 3.8) is 0 Å². The smallest absolute Gasteiger partial charge is 0.356 e. The first-order chi connectivity index (χ1) is 11.7. The number of benzene rings is 1. The minimum absolute atomic E-state index is 0.0418. The summed E-state index contributed by atoms with van der Waals surface area (Å²) >= 11 is 1.83. The van der Waals surface area contributed by atoms with E-state index < -0.39 is 0 Å². The molecule has 0 bridgehead atoms. The average molecular weight is 344 g/mol. The van der Waals surface area contributed by atoms with Gasteiger partial charge in [-0.25, -0.2) is 9.78 Å². The number of ether oxygens (including phenoxy) is 1. The molecular weight excluding hydrogens is 320 g/mol. The Morgan fingerprint density at radius 3 is 2.75 bits per heavy atom. The molecule has 1 saturated carbocycles. The Morgan fingerprint density at radius 1 is 1.38 bits per heavy atom. The van der Waals surface area contributed by atoms with E-state index in [-0.39, 0.29) is 17.4 Å². The van der Waals surface area contributed by atoms with Crippen LogP contribution in [0.3, 0.4) is 0 Å². The van der Waals surface area contributed by atoms with Gasteiger partial charge in [0, 0.05) is 11.2 Å². The monoisotopic (exact) mass is 344 g/mol. The molecule has 1 unspecified atom stereocenters. The minimum Gasteiger partial charge on any atom is -0.460 e. The number of nitrogens with zero attached hydrogens (tertiary/aromatic N) is 2. The van der Waals surface area contributed by atoms with Crippen LogP contribution in [0.5, 0.6) is 0 Å². The maximum Gasteiger partial charge on any atom is 0.356 e. The van der Waals surface area contributed by atoms with Crippen LogP contribution in [0.15, 0.2) is 42.9 Å². The van der Waals surface area contributed by atoms with Crippen LogP contribution >= 0.6 is 11.8 Å². The molecule has 0 aliphatic heterocycles. The molecule has 128 valence electrons. The lowest BCUT2D eigenvalue weighted by Crippen LogP contribution is -2.37. The first-order valence-electron chi connectivity index (χ1n) is 8.38. The molecule has 0 spiro atoms. The third kappa shape index (κ3) is 3.51. The van der Waals surface area contributed by atoms with Gasteiger partial charge in [0.05, 0.1) is 25.2 Å². The number of hydrogen-bond acceptors (Lipinski definition) is 4. The van der Waals surface area contributed by atoms with Crippen LogP contribution < -0.4 is 0 Å². The van der Waals surface area contributed by atoms with E-state index in [1.807, 2.05) is 34.5 Å². The molecule has 4 nitrogen and oxygen atoms in total. The summed E-state index contributed by atoms with van der Waals surface area (Å²) in [6, 6.07) is 10.2. The molecule has 0 N–H and O–H groups in total. The lowest BCUT2D eigenvalue weighted by Gasteiger charge is -2.40. The van der Waals surface area contributed by atoms with Crippen molar-refractivity contribution >= 4 is 17.7 Å². The normalized spacial score (nSPS) is 17.1. The topological polar surface area (TPSA) is 44.1 Å². The van der Waals surface area contributed by atoms with Crippen LogP contribution in [0.2, 0.25) is 0 Å². The molecule has 1 aromatic carbocycles. The Bertz CT molecular complexity index is 680. The van der Waals surface area contributed by atoms with Gasteiger partial charge in [0.15, 0.2) is 0 Å². The zero-order valence-electron chi connectivity index (χ0n) is 14.3. The fourth-order valence-corrected chi connectivity index (χ4v) is 4.25. The highest BCUT2D eigenvalue weighted by molar-refractivity contribution is 7.98. The largest absolute Gasteiger partial charge is 0.460 e. The zero-order valence-corrected chi connectivity index (χ0v) is 15.1. The van der Waals surface area contributed by atoms with Crippen molar-refractivity contribution in [2.24, 2.45) is 5.41 Å². The van der Waals surface area contributed by atoms with Crippen LogP contribution in [0.4, 0.5) is 0 Å². The quantitative estimate of drug-likeness (QED) is 0.707. The summed E-state index contributed by atoms with van der Waals surface area (Å²) in [7, 11) is 0. The molecule has 1 fully saturated rings. The van der Waals surface area contributed by atoms with Gasteiger partial charge >= 0.3 is 5.97 Å². The summed E-state index contributed by atoms with van der Waals surface area (Å²) in [6.45, 7) is 2.58. The van der Waals surface area contributed by atoms with Gasteiger partial charge in [0.25, 0.3) is 0 Å². The number of hydrogen-bond donors (Lipinski definition) is 0. The van der Waals surface area contributed by atoms with Gasteiger partial charge < -0.3 is 9.30 Å². The van der Waals surface area contributed by atoms with Crippen LogP contribution in [-0.4, -0.2) is 34.1 Å². The van der Waals surface area contributed by atoms with Crippen molar-refractivity contribution in [2.75, 3.05) is 18.6 Å². The summed E-state index contributed by atoms with van der Waals surface area (Å²) < 4.78 is 7.55. The predicted octanol–water partition coefficient (Wildman–Crippen LogP) is 4.18. The van der Waals surface area contributed by atoms with Crippen molar-refractivity contribution in [3.8, 4) is 0 Å². The SMILES string of the molecule is CSCC1(COC(=O)c2cncn2C(C)c2ccccc2)CCC1. The Labute approximate surface area is 147 Å². The van der Waals surface area contributed by atoms with E-state index in [1.165, 1.54) is 6.42 Å². The molecule has 2 aromatic rings. The summed E-state index contributed by atoms with van der Waals surface area (Å²) in [6.07, 6.45) is 8.96. The van der Waals surface area contributed by atoms with Crippen LogP contribution in [-0.2, 0) is 4.74 Å². The fraction of sp³-hybridized carbons (Fsp3) is 0.474. The maximum absolute atomic E-state index is 12.6. The van der Waals surface area contributed by atoms with Gasteiger partial charge in [-0.05, 0) is 31.6 Å². The Balaban J connectivity index is 1.69. The van der Waals surface area contributed by atoms with Crippen molar-refractivity contribution in [3.05, 3.63) is 54.1 Å². The summed E-state index contributed by atoms with van der Waals surface area (Å²) in [5.41, 5.74) is 1.85. The predicted molar refractivity (Wildman–Crippen MR) is 97.4 cm³/mol. The molecule has 0 radical (unpaired) electrons. The average Bonchev–Trinajstić information content (AvgIpc) is 3.06. The number of rotatable bonds is 7. The summed E-state index contributed by atoms with van der Waals surface area (Å²) in [5, 5.41) is 0. The number of aromatic nitrogens is 2. The van der Waals surface area contributed by atoms with Crippen molar-refractivity contribution in [1.82, 2.24) is 9.55 Å². The van der Waals surface area contributed by atoms with Crippen LogP contribution in [0.25, 0.3) is 0 Å². The van der Waals surface area contributed by atoms with Crippen LogP contribution in [0.1, 0.15) is 48.3 Å². The van der Waals surface area contributed by atoms with Crippen molar-refractivity contribution in [1.29, 1.82) is 0 Å². The molecule has 1 aliphatic rings. The second kappa shape index (κ2) is 7.43. The van der Waals surface area contributed by atoms with E-state index in [1.54, 1.807) is 12.5 Å². The van der Waals surface area contributed by atoms with Gasteiger partial charge in [-0.15, -0.1) is 0 Å². The molecular formula is C19H24N2O2S. The zero-order chi connectivity index (χ0) is 17.0. The lowest BCUT2D eigenvalue weighted by atomic mass is 9.71. The van der Waals surface area contributed by atoms with Gasteiger partial charge in [0.1, 0.15) is 5.69 Å². The fourth-order valence-electron chi connectivity index (χ4n) is 3.27. The molecule has 0 amide bonds. The molecule has 3 rings (SSSR count). The number of carbonyl (C=O) groups excluding carboxylic acids is 1. The number of carbonyl (C=O) groups is 1. The van der Waals surface area contributed by atoms with Crippen molar-refractivity contribution in [2.45, 2.75) is 32.2 Å². The second-order valence-electron chi connectivity index (χ2n) is 6.64. The Hall–Kier alpha value is -1.75. The molecule has 1 aliphatic carbocycles. The minimum atomic E-state index is -0.275. The molecule has 1 aromatic heterocycles. The van der Waals surface area contributed by atoms with E-state index in [4.69, 9.17) is 4.74 Å². The van der Waals surface area contributed by atoms with Crippen molar-refractivity contribution < 1.29 is 9.53 Å². The summed E-state index contributed by atoms with van der Waals surface area (Å²) in [4.78, 5) is 16.7. The molecule has 24 heavy (non-hydrogen) atoms. The standard InChI is InChI=1S/C19H24N2O2S/c1-15(16-7-4-3-5-8-16)21-14-20-11-17(21)18(22)23-12-19(13-24-2)9-6-10-19/h3-5,7-8,11,14-15H,6,9-10,12-13H2,1-2H3. The van der Waals surface area contributed by atoms with Gasteiger partial charge in [-0.3, -0.25) is 0 Å². The third-order valence-electron chi connectivity index (χ3n) is 4.95. The highest BCUT2D eigenvalue weighted by Gasteiger charge is 2.38. The highest BCUT2D eigenvalue weighted by Crippen LogP contribution is 2.43. The first-order valence-corrected chi connectivity index (χ1v) is 9.77. The molecule has 1 atom stereocenters. The Morgan fingerprint density at radius 2 is 2.12 bits per heavy atom. The van der Waals surface area contributed by atoms with Gasteiger partial charge in [0.2, 0.25) is 0 Å². The van der Waals surface area contributed by atoms with E-state index in [9.17, 15) is 4.79 Å². The van der Waals surface area contributed by atoms with Crippen LogP contribution in [0, 0.1) is 5.41 Å². The highest BCUT2D eigenvalue weighted by atomic mass is 32.2. The molecule has 0 saturated heterocycles. The Kier molecular flexibility index (Phi) is 5.29. The van der Waals surface area contributed by atoms with Gasteiger partial charge in [-0.2, -0.15) is 11.8 Å². The third-order valence-corrected chi connectivity index (χ3v) is 5.85. The first kappa shape index (κ1) is 17.1. The van der Waals surface area contributed by atoms with E-state index in [0.717, 1.165) is 24.2 Å². The maximum atomic E-state index is 12.6. The number of imidazole rings is 1. The molecule has 1 heterocycles. The lowest BCUT2D eigenvalue weighted by molar-refractivity contribution is 0.0111. The summed E-state index contributed by atoms with van der Waals surface area (Å²) in [5.74, 6) is 0.780. The van der Waals surface area contributed by atoms with Gasteiger partial charge in [-0.1, -0.05) is 36.8 Å². The van der Waals surface area contributed by atoms with E-state index in [2.05, 4.69) is 30.3 Å². The number of esters is 1. The van der Waals surface area contributed by atoms with E-state index in [0.29, 0.717) is 12.3 Å².